The molecule has 0 unspecified atom stereocenters. The first-order valence-corrected chi connectivity index (χ1v) is 12.4. The molecule has 1 aliphatic carbocycles. The van der Waals surface area contributed by atoms with Gasteiger partial charge >= 0.3 is 29.8 Å². The molecule has 2 fully saturated rings. The summed E-state index contributed by atoms with van der Waals surface area (Å²) in [6.07, 6.45) is -6.27. The number of hydrogen-bond donors (Lipinski definition) is 1. The first-order valence-electron chi connectivity index (χ1n) is 12.4. The standard InChI is InChI=1S/C25H34O14/c1-11(26)33-10-17-19(35-12(2)27)20(36-13(3)28)21(37-14(4)29)24(38-17)39-23-18-15(7-8-25(18,5)31)16(9-34-23)22(30)32-6/h9,15,17-21,23-24,31H,7-8,10H2,1-6H3/t15-,17-,18-,19-,20+,21-,23+,24+,25+/m1/s1. The van der Waals surface area contributed by atoms with Crippen molar-refractivity contribution in [3.05, 3.63) is 11.8 Å². The van der Waals surface area contributed by atoms with Crippen LogP contribution in [0.3, 0.4) is 0 Å². The molecule has 2 heterocycles. The third kappa shape index (κ3) is 7.05. The Morgan fingerprint density at radius 1 is 0.923 bits per heavy atom. The van der Waals surface area contributed by atoms with Gasteiger partial charge in [-0.2, -0.15) is 0 Å². The van der Waals surface area contributed by atoms with Crippen LogP contribution in [0.25, 0.3) is 0 Å². The van der Waals surface area contributed by atoms with Crippen molar-refractivity contribution in [2.45, 2.75) is 90.1 Å². The largest absolute Gasteiger partial charge is 0.471 e. The topological polar surface area (TPSA) is 179 Å². The molecule has 0 aromatic carbocycles. The number of esters is 5. The highest BCUT2D eigenvalue weighted by Gasteiger charge is 2.58. The second kappa shape index (κ2) is 12.3. The van der Waals surface area contributed by atoms with Crippen LogP contribution in [0.1, 0.15) is 47.5 Å². The molecule has 0 amide bonds. The van der Waals surface area contributed by atoms with E-state index in [0.29, 0.717) is 12.8 Å². The summed E-state index contributed by atoms with van der Waals surface area (Å²) in [6.45, 7) is 5.62. The molecule has 0 spiro atoms. The Labute approximate surface area is 224 Å². The molecule has 218 valence electrons. The van der Waals surface area contributed by atoms with Gasteiger partial charge in [0.05, 0.1) is 30.5 Å². The van der Waals surface area contributed by atoms with Crippen LogP contribution in [-0.4, -0.2) is 91.3 Å². The van der Waals surface area contributed by atoms with Crippen molar-refractivity contribution in [3.8, 4) is 0 Å². The number of methoxy groups -OCH3 is 1. The maximum atomic E-state index is 12.3. The summed E-state index contributed by atoms with van der Waals surface area (Å²) in [5, 5.41) is 11.1. The Morgan fingerprint density at radius 3 is 2.08 bits per heavy atom. The van der Waals surface area contributed by atoms with Gasteiger partial charge in [0.15, 0.2) is 18.3 Å². The van der Waals surface area contributed by atoms with Crippen molar-refractivity contribution in [1.29, 1.82) is 0 Å². The molecule has 2 aliphatic heterocycles. The van der Waals surface area contributed by atoms with Crippen molar-refractivity contribution < 1.29 is 67.0 Å². The van der Waals surface area contributed by atoms with Gasteiger partial charge in [0.2, 0.25) is 12.6 Å². The Morgan fingerprint density at radius 2 is 1.51 bits per heavy atom. The summed E-state index contributed by atoms with van der Waals surface area (Å²) in [6, 6.07) is 0. The number of aliphatic hydroxyl groups is 1. The van der Waals surface area contributed by atoms with Crippen LogP contribution in [-0.2, 0) is 61.9 Å². The summed E-state index contributed by atoms with van der Waals surface area (Å²) < 4.78 is 43.9. The minimum atomic E-state index is -1.51. The van der Waals surface area contributed by atoms with E-state index in [1.807, 2.05) is 0 Å². The highest BCUT2D eigenvalue weighted by molar-refractivity contribution is 5.89. The van der Waals surface area contributed by atoms with Gasteiger partial charge in [0, 0.05) is 33.6 Å². The van der Waals surface area contributed by atoms with Crippen molar-refractivity contribution in [2.75, 3.05) is 13.7 Å². The highest BCUT2D eigenvalue weighted by Crippen LogP contribution is 2.49. The summed E-state index contributed by atoms with van der Waals surface area (Å²) in [5.41, 5.74) is -1.11. The van der Waals surface area contributed by atoms with Crippen LogP contribution >= 0.6 is 0 Å². The lowest BCUT2D eigenvalue weighted by atomic mass is 9.81. The van der Waals surface area contributed by atoms with E-state index in [2.05, 4.69) is 0 Å². The quantitative estimate of drug-likeness (QED) is 0.317. The third-order valence-electron chi connectivity index (χ3n) is 6.77. The molecular weight excluding hydrogens is 524 g/mol. The van der Waals surface area contributed by atoms with E-state index in [-0.39, 0.29) is 5.57 Å². The zero-order chi connectivity index (χ0) is 29.1. The molecule has 0 aromatic rings. The van der Waals surface area contributed by atoms with E-state index in [0.717, 1.165) is 27.7 Å². The number of carbonyl (C=O) groups is 5. The van der Waals surface area contributed by atoms with Crippen molar-refractivity contribution >= 4 is 29.8 Å². The molecule has 0 radical (unpaired) electrons. The Kier molecular flexibility index (Phi) is 9.56. The van der Waals surface area contributed by atoms with E-state index in [9.17, 15) is 29.1 Å². The van der Waals surface area contributed by atoms with Gasteiger partial charge in [-0.25, -0.2) is 4.79 Å². The maximum absolute atomic E-state index is 12.3. The predicted molar refractivity (Wildman–Crippen MR) is 125 cm³/mol. The van der Waals surface area contributed by atoms with Gasteiger partial charge in [-0.3, -0.25) is 19.2 Å². The molecule has 1 saturated heterocycles. The molecule has 39 heavy (non-hydrogen) atoms. The molecular formula is C25H34O14. The van der Waals surface area contributed by atoms with Crippen molar-refractivity contribution in [1.82, 2.24) is 0 Å². The maximum Gasteiger partial charge on any atom is 0.337 e. The summed E-state index contributed by atoms with van der Waals surface area (Å²) in [4.78, 5) is 59.8. The third-order valence-corrected chi connectivity index (χ3v) is 6.77. The first kappa shape index (κ1) is 30.3. The van der Waals surface area contributed by atoms with Gasteiger partial charge in [-0.05, 0) is 19.8 Å². The minimum Gasteiger partial charge on any atom is -0.471 e. The number of ether oxygens (including phenoxy) is 8. The summed E-state index contributed by atoms with van der Waals surface area (Å²) in [5.74, 6) is -4.90. The van der Waals surface area contributed by atoms with E-state index in [1.165, 1.54) is 13.4 Å². The lowest BCUT2D eigenvalue weighted by Crippen LogP contribution is -2.64. The molecule has 9 atom stereocenters. The van der Waals surface area contributed by atoms with Crippen LogP contribution < -0.4 is 0 Å². The smallest absolute Gasteiger partial charge is 0.337 e. The average molecular weight is 559 g/mol. The fourth-order valence-electron chi connectivity index (χ4n) is 5.24. The van der Waals surface area contributed by atoms with Crippen LogP contribution in [0.5, 0.6) is 0 Å². The van der Waals surface area contributed by atoms with Gasteiger partial charge in [-0.15, -0.1) is 0 Å². The second-order valence-corrected chi connectivity index (χ2v) is 9.80. The molecule has 3 aliphatic rings. The molecule has 14 nitrogen and oxygen atoms in total. The van der Waals surface area contributed by atoms with Crippen LogP contribution in [0, 0.1) is 11.8 Å². The molecule has 14 heteroatoms. The number of fused-ring (bicyclic) bond motifs is 1. The molecule has 1 saturated carbocycles. The minimum absolute atomic E-state index is 0.224. The van der Waals surface area contributed by atoms with E-state index in [4.69, 9.17) is 37.9 Å². The Bertz CT molecular complexity index is 1000. The van der Waals surface area contributed by atoms with Gasteiger partial charge in [-0.1, -0.05) is 0 Å². The number of rotatable bonds is 8. The van der Waals surface area contributed by atoms with Crippen molar-refractivity contribution in [3.63, 3.8) is 0 Å². The Balaban J connectivity index is 2.00. The highest BCUT2D eigenvalue weighted by atomic mass is 16.8. The normalized spacial score (nSPS) is 35.4. The fourth-order valence-corrected chi connectivity index (χ4v) is 5.24. The van der Waals surface area contributed by atoms with E-state index >= 15 is 0 Å². The summed E-state index contributed by atoms with van der Waals surface area (Å²) >= 11 is 0. The number of hydrogen-bond acceptors (Lipinski definition) is 14. The van der Waals surface area contributed by atoms with Gasteiger partial charge in [0.25, 0.3) is 0 Å². The van der Waals surface area contributed by atoms with E-state index < -0.39 is 90.9 Å². The van der Waals surface area contributed by atoms with Gasteiger partial charge in [0.1, 0.15) is 12.7 Å². The number of carbonyl (C=O) groups excluding carboxylic acids is 5. The Hall–Kier alpha value is -3.23. The van der Waals surface area contributed by atoms with E-state index in [1.54, 1.807) is 6.92 Å². The molecule has 0 bridgehead atoms. The zero-order valence-corrected chi connectivity index (χ0v) is 22.6. The first-order chi connectivity index (χ1) is 18.2. The monoisotopic (exact) mass is 558 g/mol. The molecule has 1 N–H and O–H groups in total. The SMILES string of the molecule is COC(=O)C1=CO[C@@H](O[C@@H]2O[C@H](COC(C)=O)[C@@H](OC(C)=O)[C@H](OC(C)=O)[C@H]2OC(C)=O)[C@H]2[C@@H]1CC[C@]2(C)O. The second-order valence-electron chi connectivity index (χ2n) is 9.80. The summed E-state index contributed by atoms with van der Waals surface area (Å²) in [7, 11) is 1.23. The molecule has 0 aromatic heterocycles. The lowest BCUT2D eigenvalue weighted by molar-refractivity contribution is -0.348. The fraction of sp³-hybridized carbons (Fsp3) is 0.720. The zero-order valence-electron chi connectivity index (χ0n) is 22.6. The molecule has 3 rings (SSSR count). The van der Waals surface area contributed by atoms with Crippen LogP contribution in [0.2, 0.25) is 0 Å². The lowest BCUT2D eigenvalue weighted by Gasteiger charge is -2.46. The van der Waals surface area contributed by atoms with Crippen LogP contribution in [0.15, 0.2) is 11.8 Å². The predicted octanol–water partition coefficient (Wildman–Crippen LogP) is 0.277. The average Bonchev–Trinajstić information content (AvgIpc) is 3.16. The van der Waals surface area contributed by atoms with Crippen LogP contribution in [0.4, 0.5) is 0 Å². The van der Waals surface area contributed by atoms with Crippen molar-refractivity contribution in [2.24, 2.45) is 11.8 Å². The van der Waals surface area contributed by atoms with Gasteiger partial charge < -0.3 is 43.0 Å².